The number of aliphatic hydroxyl groups excluding tert-OH is 1. The molecular formula is C25H24N2O4. The lowest BCUT2D eigenvalue weighted by molar-refractivity contribution is -0.141. The maximum absolute atomic E-state index is 13.5. The first-order valence-electron chi connectivity index (χ1n) is 10.1. The third-order valence-corrected chi connectivity index (χ3v) is 5.53. The summed E-state index contributed by atoms with van der Waals surface area (Å²) in [4.78, 5) is 27.7. The van der Waals surface area contributed by atoms with E-state index in [4.69, 9.17) is 4.74 Å². The minimum atomic E-state index is -1.26. The Labute approximate surface area is 181 Å². The molecular weight excluding hydrogens is 392 g/mol. The first kappa shape index (κ1) is 20.6. The SMILES string of the molecule is COc1ccc(CC2C(=O)N(C(c3ccccc3)c3ccccc3)C(=O)NC2O)cc1. The molecule has 31 heavy (non-hydrogen) atoms. The van der Waals surface area contributed by atoms with Crippen molar-refractivity contribution < 1.29 is 19.4 Å². The molecule has 0 aromatic heterocycles. The molecule has 0 spiro atoms. The van der Waals surface area contributed by atoms with E-state index >= 15 is 0 Å². The number of carbonyl (C=O) groups excluding carboxylic acids is 2. The van der Waals surface area contributed by atoms with E-state index < -0.39 is 30.1 Å². The summed E-state index contributed by atoms with van der Waals surface area (Å²) in [6, 6.07) is 25.0. The number of rotatable bonds is 6. The Kier molecular flexibility index (Phi) is 6.00. The van der Waals surface area contributed by atoms with Gasteiger partial charge in [0.1, 0.15) is 12.0 Å². The number of imide groups is 1. The minimum absolute atomic E-state index is 0.289. The van der Waals surface area contributed by atoms with Crippen LogP contribution in [0.15, 0.2) is 84.9 Å². The van der Waals surface area contributed by atoms with Gasteiger partial charge in [0.05, 0.1) is 19.1 Å². The quantitative estimate of drug-likeness (QED) is 0.645. The molecule has 0 saturated carbocycles. The number of aliphatic hydroxyl groups is 1. The van der Waals surface area contributed by atoms with Gasteiger partial charge in [-0.05, 0) is 35.2 Å². The van der Waals surface area contributed by atoms with Gasteiger partial charge in [0, 0.05) is 0 Å². The number of carbonyl (C=O) groups is 2. The van der Waals surface area contributed by atoms with E-state index in [0.29, 0.717) is 5.75 Å². The van der Waals surface area contributed by atoms with Gasteiger partial charge >= 0.3 is 6.03 Å². The molecule has 3 amide bonds. The third-order valence-electron chi connectivity index (χ3n) is 5.53. The topological polar surface area (TPSA) is 78.9 Å². The van der Waals surface area contributed by atoms with Gasteiger partial charge in [-0.1, -0.05) is 72.8 Å². The lowest BCUT2D eigenvalue weighted by Crippen LogP contribution is -2.61. The predicted octanol–water partition coefficient (Wildman–Crippen LogP) is 3.51. The molecule has 2 atom stereocenters. The number of hydrogen-bond acceptors (Lipinski definition) is 4. The van der Waals surface area contributed by atoms with Crippen LogP contribution in [0.1, 0.15) is 22.7 Å². The van der Waals surface area contributed by atoms with Crippen molar-refractivity contribution in [3.05, 3.63) is 102 Å². The first-order valence-corrected chi connectivity index (χ1v) is 10.1. The van der Waals surface area contributed by atoms with Crippen LogP contribution in [0.5, 0.6) is 5.75 Å². The highest BCUT2D eigenvalue weighted by Gasteiger charge is 2.44. The van der Waals surface area contributed by atoms with Crippen LogP contribution >= 0.6 is 0 Å². The number of methoxy groups -OCH3 is 1. The summed E-state index contributed by atoms with van der Waals surface area (Å²) in [5, 5.41) is 13.1. The van der Waals surface area contributed by atoms with Gasteiger partial charge in [-0.2, -0.15) is 0 Å². The molecule has 1 fully saturated rings. The summed E-state index contributed by atoms with van der Waals surface area (Å²) < 4.78 is 5.18. The van der Waals surface area contributed by atoms with Crippen LogP contribution in [0.25, 0.3) is 0 Å². The minimum Gasteiger partial charge on any atom is -0.497 e. The van der Waals surface area contributed by atoms with Crippen LogP contribution in [-0.4, -0.2) is 35.3 Å². The maximum Gasteiger partial charge on any atom is 0.326 e. The summed E-state index contributed by atoms with van der Waals surface area (Å²) >= 11 is 0. The average Bonchev–Trinajstić information content (AvgIpc) is 2.81. The van der Waals surface area contributed by atoms with Crippen molar-refractivity contribution in [2.75, 3.05) is 7.11 Å². The number of benzene rings is 3. The monoisotopic (exact) mass is 416 g/mol. The largest absolute Gasteiger partial charge is 0.497 e. The third kappa shape index (κ3) is 4.29. The second-order valence-corrected chi connectivity index (χ2v) is 7.49. The lowest BCUT2D eigenvalue weighted by Gasteiger charge is -2.39. The normalized spacial score (nSPS) is 18.7. The Morgan fingerprint density at radius 3 is 1.97 bits per heavy atom. The molecule has 1 aliphatic rings. The Morgan fingerprint density at radius 2 is 1.45 bits per heavy atom. The number of amides is 3. The summed E-state index contributed by atoms with van der Waals surface area (Å²) in [5.74, 6) is -0.506. The number of ether oxygens (including phenoxy) is 1. The van der Waals surface area contributed by atoms with E-state index in [1.165, 1.54) is 4.90 Å². The molecule has 3 aromatic carbocycles. The van der Waals surface area contributed by atoms with Gasteiger partial charge in [0.15, 0.2) is 0 Å². The summed E-state index contributed by atoms with van der Waals surface area (Å²) in [6.07, 6.45) is -0.970. The maximum atomic E-state index is 13.5. The fourth-order valence-corrected chi connectivity index (χ4v) is 3.93. The fraction of sp³-hybridized carbons (Fsp3) is 0.200. The highest BCUT2D eigenvalue weighted by Crippen LogP contribution is 2.33. The van der Waals surface area contributed by atoms with Crippen molar-refractivity contribution in [2.45, 2.75) is 18.7 Å². The van der Waals surface area contributed by atoms with Gasteiger partial charge in [-0.25, -0.2) is 4.79 Å². The second-order valence-electron chi connectivity index (χ2n) is 7.49. The summed E-state index contributed by atoms with van der Waals surface area (Å²) in [7, 11) is 1.59. The Bertz CT molecular complexity index is 999. The predicted molar refractivity (Wildman–Crippen MR) is 116 cm³/mol. The van der Waals surface area contributed by atoms with E-state index in [1.807, 2.05) is 84.9 Å². The van der Waals surface area contributed by atoms with Crippen molar-refractivity contribution in [1.29, 1.82) is 0 Å². The van der Waals surface area contributed by atoms with Crippen LogP contribution in [-0.2, 0) is 11.2 Å². The van der Waals surface area contributed by atoms with Crippen LogP contribution in [0.3, 0.4) is 0 Å². The fourth-order valence-electron chi connectivity index (χ4n) is 3.93. The number of hydrogen-bond donors (Lipinski definition) is 2. The molecule has 3 aromatic rings. The number of urea groups is 1. The first-order chi connectivity index (χ1) is 15.1. The van der Waals surface area contributed by atoms with Crippen LogP contribution < -0.4 is 10.1 Å². The zero-order valence-corrected chi connectivity index (χ0v) is 17.1. The molecule has 6 nitrogen and oxygen atoms in total. The summed E-state index contributed by atoms with van der Waals surface area (Å²) in [6.45, 7) is 0. The highest BCUT2D eigenvalue weighted by atomic mass is 16.5. The molecule has 0 radical (unpaired) electrons. The second kappa shape index (κ2) is 9.02. The highest BCUT2D eigenvalue weighted by molar-refractivity contribution is 5.99. The van der Waals surface area contributed by atoms with Crippen molar-refractivity contribution in [1.82, 2.24) is 10.2 Å². The molecule has 1 saturated heterocycles. The van der Waals surface area contributed by atoms with Gasteiger partial charge in [0.25, 0.3) is 0 Å². The number of nitrogens with one attached hydrogen (secondary N) is 1. The van der Waals surface area contributed by atoms with Crippen molar-refractivity contribution >= 4 is 11.9 Å². The van der Waals surface area contributed by atoms with Crippen LogP contribution in [0.4, 0.5) is 4.79 Å². The molecule has 6 heteroatoms. The van der Waals surface area contributed by atoms with Crippen molar-refractivity contribution in [2.24, 2.45) is 5.92 Å². The Hall–Kier alpha value is -3.64. The van der Waals surface area contributed by atoms with E-state index in [1.54, 1.807) is 7.11 Å². The van der Waals surface area contributed by atoms with E-state index in [-0.39, 0.29) is 6.42 Å². The smallest absolute Gasteiger partial charge is 0.326 e. The zero-order chi connectivity index (χ0) is 21.8. The molecule has 4 rings (SSSR count). The Balaban J connectivity index is 1.69. The van der Waals surface area contributed by atoms with Gasteiger partial charge in [-0.15, -0.1) is 0 Å². The van der Waals surface area contributed by atoms with Crippen molar-refractivity contribution in [3.63, 3.8) is 0 Å². The molecule has 2 unspecified atom stereocenters. The zero-order valence-electron chi connectivity index (χ0n) is 17.1. The van der Waals surface area contributed by atoms with E-state index in [0.717, 1.165) is 16.7 Å². The van der Waals surface area contributed by atoms with Crippen LogP contribution in [0.2, 0.25) is 0 Å². The Morgan fingerprint density at radius 1 is 0.903 bits per heavy atom. The van der Waals surface area contributed by atoms with Gasteiger partial charge < -0.3 is 15.2 Å². The molecule has 1 aliphatic heterocycles. The molecule has 158 valence electrons. The number of nitrogens with zero attached hydrogens (tertiary/aromatic N) is 1. The summed E-state index contributed by atoms with van der Waals surface area (Å²) in [5.41, 5.74) is 2.50. The molecule has 0 aliphatic carbocycles. The molecule has 0 bridgehead atoms. The average molecular weight is 416 g/mol. The van der Waals surface area contributed by atoms with E-state index in [2.05, 4.69) is 5.32 Å². The van der Waals surface area contributed by atoms with Gasteiger partial charge in [-0.3, -0.25) is 9.69 Å². The molecule has 1 heterocycles. The van der Waals surface area contributed by atoms with Gasteiger partial charge in [0.2, 0.25) is 5.91 Å². The molecule has 2 N–H and O–H groups in total. The lowest BCUT2D eigenvalue weighted by atomic mass is 9.91. The van der Waals surface area contributed by atoms with Crippen molar-refractivity contribution in [3.8, 4) is 5.75 Å². The van der Waals surface area contributed by atoms with E-state index in [9.17, 15) is 14.7 Å². The van der Waals surface area contributed by atoms with Crippen LogP contribution in [0, 0.1) is 5.92 Å². The standard InChI is InChI=1S/C25H24N2O4/c1-31-20-14-12-17(13-15-20)16-21-23(28)26-25(30)27(24(21)29)22(18-8-4-2-5-9-18)19-10-6-3-7-11-19/h2-15,21-23,28H,16H2,1H3,(H,26,30).